The van der Waals surface area contributed by atoms with Crippen molar-refractivity contribution in [1.29, 1.82) is 0 Å². The van der Waals surface area contributed by atoms with Crippen LogP contribution in [0.25, 0.3) is 0 Å². The molecule has 6 heteroatoms. The molecule has 2 rings (SSSR count). The summed E-state index contributed by atoms with van der Waals surface area (Å²) in [5.41, 5.74) is 1.55. The highest BCUT2D eigenvalue weighted by Gasteiger charge is 2.21. The van der Waals surface area contributed by atoms with Gasteiger partial charge in [0.1, 0.15) is 0 Å². The van der Waals surface area contributed by atoms with Crippen molar-refractivity contribution < 1.29 is 4.79 Å². The molecule has 128 valence electrons. The molecule has 1 atom stereocenters. The van der Waals surface area contributed by atoms with Crippen LogP contribution in [0.4, 0.5) is 0 Å². The second-order valence-corrected chi connectivity index (χ2v) is 6.68. The topological polar surface area (TPSA) is 45.2 Å². The quantitative estimate of drug-likeness (QED) is 0.740. The maximum absolute atomic E-state index is 12.4. The lowest BCUT2D eigenvalue weighted by atomic mass is 10.0. The van der Waals surface area contributed by atoms with Gasteiger partial charge >= 0.3 is 0 Å². The minimum atomic E-state index is -0.145. The minimum absolute atomic E-state index is 0.0257. The highest BCUT2D eigenvalue weighted by atomic mass is 79.9. The molecule has 1 amide bonds. The van der Waals surface area contributed by atoms with Crippen LogP contribution in [0.5, 0.6) is 0 Å². The van der Waals surface area contributed by atoms with E-state index in [0.29, 0.717) is 17.1 Å². The standard InChI is InChI=1S/C18H21BrClN3O/c1-3-23(4-2)17(15-7-5-6-8-16(15)20)12-22-18(24)13-9-14(19)11-21-10-13/h5-11,17H,3-4,12H2,1-2H3,(H,22,24). The number of hydrogen-bond donors (Lipinski definition) is 1. The maximum atomic E-state index is 12.4. The van der Waals surface area contributed by atoms with Crippen LogP contribution >= 0.6 is 27.5 Å². The monoisotopic (exact) mass is 409 g/mol. The fourth-order valence-electron chi connectivity index (χ4n) is 2.67. The van der Waals surface area contributed by atoms with Crippen LogP contribution in [-0.4, -0.2) is 35.4 Å². The summed E-state index contributed by atoms with van der Waals surface area (Å²) in [4.78, 5) is 18.7. The number of aromatic nitrogens is 1. The Hall–Kier alpha value is -1.43. The molecule has 2 aromatic rings. The second-order valence-electron chi connectivity index (χ2n) is 5.36. The van der Waals surface area contributed by atoms with Gasteiger partial charge in [-0.1, -0.05) is 43.6 Å². The van der Waals surface area contributed by atoms with Crippen molar-refractivity contribution in [2.24, 2.45) is 0 Å². The van der Waals surface area contributed by atoms with Gasteiger partial charge in [0.2, 0.25) is 0 Å². The average molecular weight is 411 g/mol. The lowest BCUT2D eigenvalue weighted by molar-refractivity contribution is 0.0934. The number of nitrogens with one attached hydrogen (secondary N) is 1. The number of rotatable bonds is 7. The van der Waals surface area contributed by atoms with E-state index in [2.05, 4.69) is 45.0 Å². The first-order valence-corrected chi connectivity index (χ1v) is 9.11. The van der Waals surface area contributed by atoms with Crippen LogP contribution in [0.15, 0.2) is 47.2 Å². The Morgan fingerprint density at radius 3 is 2.62 bits per heavy atom. The van der Waals surface area contributed by atoms with Gasteiger partial charge in [0, 0.05) is 28.4 Å². The van der Waals surface area contributed by atoms with Gasteiger partial charge in [-0.05, 0) is 46.7 Å². The van der Waals surface area contributed by atoms with E-state index in [1.165, 1.54) is 0 Å². The van der Waals surface area contributed by atoms with E-state index < -0.39 is 0 Å². The Bertz CT molecular complexity index is 691. The van der Waals surface area contributed by atoms with E-state index in [-0.39, 0.29) is 11.9 Å². The van der Waals surface area contributed by atoms with Crippen LogP contribution in [-0.2, 0) is 0 Å². The molecule has 0 radical (unpaired) electrons. The van der Waals surface area contributed by atoms with E-state index in [9.17, 15) is 4.79 Å². The molecule has 0 saturated heterocycles. The van der Waals surface area contributed by atoms with Gasteiger partial charge in [0.05, 0.1) is 11.6 Å². The first-order valence-electron chi connectivity index (χ1n) is 7.94. The molecule has 1 aromatic heterocycles. The number of benzene rings is 1. The van der Waals surface area contributed by atoms with Crippen LogP contribution in [0.1, 0.15) is 35.8 Å². The van der Waals surface area contributed by atoms with Gasteiger partial charge in [-0.15, -0.1) is 0 Å². The van der Waals surface area contributed by atoms with Gasteiger partial charge < -0.3 is 5.32 Å². The molecule has 1 unspecified atom stereocenters. The van der Waals surface area contributed by atoms with Gasteiger partial charge in [-0.25, -0.2) is 0 Å². The van der Waals surface area contributed by atoms with Gasteiger partial charge in [0.15, 0.2) is 0 Å². The number of amides is 1. The predicted molar refractivity (Wildman–Crippen MR) is 101 cm³/mol. The molecule has 0 aliphatic heterocycles. The van der Waals surface area contributed by atoms with Crippen molar-refractivity contribution in [1.82, 2.24) is 15.2 Å². The molecular weight excluding hydrogens is 390 g/mol. The Kier molecular flexibility index (Phi) is 7.21. The lowest BCUT2D eigenvalue weighted by Gasteiger charge is -2.30. The number of hydrogen-bond acceptors (Lipinski definition) is 3. The zero-order valence-corrected chi connectivity index (χ0v) is 16.1. The molecule has 4 nitrogen and oxygen atoms in total. The Labute approximate surface area is 156 Å². The molecule has 0 bridgehead atoms. The number of halogens is 2. The summed E-state index contributed by atoms with van der Waals surface area (Å²) in [6, 6.07) is 9.56. The summed E-state index contributed by atoms with van der Waals surface area (Å²) in [6.07, 6.45) is 3.21. The first kappa shape index (κ1) is 18.9. The number of likely N-dealkylation sites (N-methyl/N-ethyl adjacent to an activating group) is 1. The van der Waals surface area contributed by atoms with Crippen molar-refractivity contribution in [2.45, 2.75) is 19.9 Å². The number of carbonyl (C=O) groups excluding carboxylic acids is 1. The number of nitrogens with zero attached hydrogens (tertiary/aromatic N) is 2. The molecule has 0 aliphatic rings. The van der Waals surface area contributed by atoms with Crippen LogP contribution in [0, 0.1) is 0 Å². The SMILES string of the molecule is CCN(CC)C(CNC(=O)c1cncc(Br)c1)c1ccccc1Cl. The van der Waals surface area contributed by atoms with Gasteiger partial charge in [0.25, 0.3) is 5.91 Å². The molecule has 0 aliphatic carbocycles. The molecule has 0 saturated carbocycles. The fraction of sp³-hybridized carbons (Fsp3) is 0.333. The number of carbonyl (C=O) groups is 1. The van der Waals surface area contributed by atoms with Gasteiger partial charge in [-0.2, -0.15) is 0 Å². The summed E-state index contributed by atoms with van der Waals surface area (Å²) in [5.74, 6) is -0.145. The molecule has 0 spiro atoms. The summed E-state index contributed by atoms with van der Waals surface area (Å²) < 4.78 is 0.779. The Morgan fingerprint density at radius 1 is 1.29 bits per heavy atom. The fourth-order valence-corrected chi connectivity index (χ4v) is 3.30. The largest absolute Gasteiger partial charge is 0.350 e. The summed E-state index contributed by atoms with van der Waals surface area (Å²) in [7, 11) is 0. The van der Waals surface area contributed by atoms with E-state index in [0.717, 1.165) is 23.1 Å². The zero-order valence-electron chi connectivity index (χ0n) is 13.8. The molecule has 1 aromatic carbocycles. The van der Waals surface area contributed by atoms with Crippen molar-refractivity contribution in [3.8, 4) is 0 Å². The second kappa shape index (κ2) is 9.16. The summed E-state index contributed by atoms with van der Waals surface area (Å²) in [6.45, 7) is 6.44. The zero-order chi connectivity index (χ0) is 17.5. The van der Waals surface area contributed by atoms with Crippen LogP contribution in [0.2, 0.25) is 5.02 Å². The molecule has 24 heavy (non-hydrogen) atoms. The average Bonchev–Trinajstić information content (AvgIpc) is 2.59. The van der Waals surface area contributed by atoms with Crippen molar-refractivity contribution in [2.75, 3.05) is 19.6 Å². The van der Waals surface area contributed by atoms with Crippen LogP contribution < -0.4 is 5.32 Å². The van der Waals surface area contributed by atoms with E-state index in [1.807, 2.05) is 24.3 Å². The smallest absolute Gasteiger partial charge is 0.252 e. The third kappa shape index (κ3) is 4.79. The Balaban J connectivity index is 2.17. The summed E-state index contributed by atoms with van der Waals surface area (Å²) >= 11 is 9.71. The van der Waals surface area contributed by atoms with Crippen molar-refractivity contribution in [3.05, 3.63) is 63.3 Å². The Morgan fingerprint density at radius 2 is 2.00 bits per heavy atom. The van der Waals surface area contributed by atoms with Crippen LogP contribution in [0.3, 0.4) is 0 Å². The highest BCUT2D eigenvalue weighted by molar-refractivity contribution is 9.10. The van der Waals surface area contributed by atoms with Crippen molar-refractivity contribution in [3.63, 3.8) is 0 Å². The third-order valence-electron chi connectivity index (χ3n) is 3.94. The molecule has 1 N–H and O–H groups in total. The van der Waals surface area contributed by atoms with E-state index >= 15 is 0 Å². The maximum Gasteiger partial charge on any atom is 0.252 e. The first-order chi connectivity index (χ1) is 11.6. The van der Waals surface area contributed by atoms with E-state index in [4.69, 9.17) is 11.6 Å². The number of pyridine rings is 1. The van der Waals surface area contributed by atoms with Gasteiger partial charge in [-0.3, -0.25) is 14.7 Å². The summed E-state index contributed by atoms with van der Waals surface area (Å²) in [5, 5.41) is 3.72. The van der Waals surface area contributed by atoms with Crippen molar-refractivity contribution >= 4 is 33.4 Å². The van der Waals surface area contributed by atoms with E-state index in [1.54, 1.807) is 18.5 Å². The molecule has 0 fully saturated rings. The lowest BCUT2D eigenvalue weighted by Crippen LogP contribution is -2.38. The highest BCUT2D eigenvalue weighted by Crippen LogP contribution is 2.27. The normalized spacial score (nSPS) is 12.2. The molecule has 1 heterocycles. The predicted octanol–water partition coefficient (Wildman–Crippen LogP) is 4.31. The third-order valence-corrected chi connectivity index (χ3v) is 4.72. The minimum Gasteiger partial charge on any atom is -0.350 e. The molecular formula is C18H21BrClN3O.